The molecule has 1 fully saturated rings. The molecular weight excluding hydrogens is 283 g/mol. The average molecular weight is 302 g/mol. The second kappa shape index (κ2) is 6.27. The Balaban J connectivity index is 1.67. The number of imidazole rings is 1. The van der Waals surface area contributed by atoms with Crippen molar-refractivity contribution in [1.82, 2.24) is 20.2 Å². The Morgan fingerprint density at radius 3 is 3.05 bits per heavy atom. The molecule has 116 valence electrons. The van der Waals surface area contributed by atoms with Crippen LogP contribution in [0.5, 0.6) is 0 Å². The summed E-state index contributed by atoms with van der Waals surface area (Å²) in [4.78, 5) is 16.0. The minimum atomic E-state index is -0.324. The molecule has 6 heteroatoms. The zero-order chi connectivity index (χ0) is 15.5. The first-order valence-corrected chi connectivity index (χ1v) is 7.42. The highest BCUT2D eigenvalue weighted by Gasteiger charge is 2.21. The Morgan fingerprint density at radius 2 is 2.41 bits per heavy atom. The molecule has 0 radical (unpaired) electrons. The van der Waals surface area contributed by atoms with E-state index in [-0.39, 0.29) is 17.6 Å². The minimum absolute atomic E-state index is 0.0257. The molecule has 1 amide bonds. The van der Waals surface area contributed by atoms with Gasteiger partial charge in [0.15, 0.2) is 0 Å². The Kier molecular flexibility index (Phi) is 4.20. The summed E-state index contributed by atoms with van der Waals surface area (Å²) < 4.78 is 15.9. The van der Waals surface area contributed by atoms with Crippen LogP contribution in [0.2, 0.25) is 0 Å². The lowest BCUT2D eigenvalue weighted by Crippen LogP contribution is -2.31. The van der Waals surface area contributed by atoms with Gasteiger partial charge in [0.2, 0.25) is 5.91 Å². The Morgan fingerprint density at radius 1 is 1.55 bits per heavy atom. The monoisotopic (exact) mass is 302 g/mol. The Hall–Kier alpha value is -2.21. The molecule has 1 aliphatic heterocycles. The number of hydrogen-bond acceptors (Lipinski definition) is 3. The first-order valence-electron chi connectivity index (χ1n) is 7.42. The van der Waals surface area contributed by atoms with E-state index in [2.05, 4.69) is 15.6 Å². The van der Waals surface area contributed by atoms with E-state index in [1.165, 1.54) is 6.07 Å². The molecule has 1 atom stereocenters. The Labute approximate surface area is 128 Å². The SMILES string of the molecule is Cc1nccn1-c1ccc(CNC(=O)C2CCNC2)cc1F. The van der Waals surface area contributed by atoms with E-state index in [0.29, 0.717) is 12.2 Å². The number of carbonyl (C=O) groups is 1. The maximum atomic E-state index is 14.2. The van der Waals surface area contributed by atoms with Gasteiger partial charge in [0, 0.05) is 25.5 Å². The second-order valence-corrected chi connectivity index (χ2v) is 5.54. The summed E-state index contributed by atoms with van der Waals surface area (Å²) in [5.74, 6) is 0.460. The first-order chi connectivity index (χ1) is 10.6. The number of nitrogens with one attached hydrogen (secondary N) is 2. The van der Waals surface area contributed by atoms with Gasteiger partial charge in [0.1, 0.15) is 11.6 Å². The van der Waals surface area contributed by atoms with E-state index in [4.69, 9.17) is 0 Å². The van der Waals surface area contributed by atoms with E-state index in [1.807, 2.05) is 13.0 Å². The summed E-state index contributed by atoms with van der Waals surface area (Å²) in [7, 11) is 0. The summed E-state index contributed by atoms with van der Waals surface area (Å²) in [5.41, 5.74) is 1.21. The zero-order valence-corrected chi connectivity index (χ0v) is 12.5. The molecular formula is C16H19FN4O. The molecule has 1 aromatic carbocycles. The van der Waals surface area contributed by atoms with Crippen LogP contribution in [0.4, 0.5) is 4.39 Å². The normalized spacial score (nSPS) is 17.6. The largest absolute Gasteiger partial charge is 0.352 e. The summed E-state index contributed by atoms with van der Waals surface area (Å²) in [6.07, 6.45) is 4.22. The van der Waals surface area contributed by atoms with Gasteiger partial charge >= 0.3 is 0 Å². The smallest absolute Gasteiger partial charge is 0.224 e. The number of halogens is 1. The second-order valence-electron chi connectivity index (χ2n) is 5.54. The van der Waals surface area contributed by atoms with Gasteiger partial charge in [0.05, 0.1) is 11.6 Å². The van der Waals surface area contributed by atoms with Gasteiger partial charge in [0.25, 0.3) is 0 Å². The van der Waals surface area contributed by atoms with E-state index >= 15 is 0 Å². The van der Waals surface area contributed by atoms with Crippen LogP contribution in [0.3, 0.4) is 0 Å². The number of aryl methyl sites for hydroxylation is 1. The molecule has 0 spiro atoms. The quantitative estimate of drug-likeness (QED) is 0.901. The number of benzene rings is 1. The van der Waals surface area contributed by atoms with Crippen molar-refractivity contribution in [1.29, 1.82) is 0 Å². The molecule has 3 rings (SSSR count). The molecule has 1 saturated heterocycles. The minimum Gasteiger partial charge on any atom is -0.352 e. The molecule has 0 saturated carbocycles. The van der Waals surface area contributed by atoms with Crippen molar-refractivity contribution in [2.75, 3.05) is 13.1 Å². The first kappa shape index (κ1) is 14.7. The fourth-order valence-electron chi connectivity index (χ4n) is 2.70. The lowest BCUT2D eigenvalue weighted by atomic mass is 10.1. The molecule has 2 heterocycles. The van der Waals surface area contributed by atoms with Crippen LogP contribution in [-0.2, 0) is 11.3 Å². The molecule has 1 aromatic heterocycles. The highest BCUT2D eigenvalue weighted by Crippen LogP contribution is 2.17. The fourth-order valence-corrected chi connectivity index (χ4v) is 2.70. The van der Waals surface area contributed by atoms with Gasteiger partial charge in [-0.15, -0.1) is 0 Å². The molecule has 2 aromatic rings. The van der Waals surface area contributed by atoms with Gasteiger partial charge in [-0.25, -0.2) is 9.37 Å². The van der Waals surface area contributed by atoms with Crippen LogP contribution < -0.4 is 10.6 Å². The third kappa shape index (κ3) is 3.01. The molecule has 1 aliphatic rings. The summed E-state index contributed by atoms with van der Waals surface area (Å²) in [6.45, 7) is 3.77. The van der Waals surface area contributed by atoms with Gasteiger partial charge in [-0.05, 0) is 37.6 Å². The van der Waals surface area contributed by atoms with E-state index in [1.54, 1.807) is 23.0 Å². The summed E-state index contributed by atoms with van der Waals surface area (Å²) >= 11 is 0. The molecule has 22 heavy (non-hydrogen) atoms. The molecule has 2 N–H and O–H groups in total. The summed E-state index contributed by atoms with van der Waals surface area (Å²) in [6, 6.07) is 5.00. The lowest BCUT2D eigenvalue weighted by molar-refractivity contribution is -0.124. The van der Waals surface area contributed by atoms with Crippen molar-refractivity contribution < 1.29 is 9.18 Å². The van der Waals surface area contributed by atoms with Crippen molar-refractivity contribution >= 4 is 5.91 Å². The van der Waals surface area contributed by atoms with Gasteiger partial charge in [-0.2, -0.15) is 0 Å². The maximum Gasteiger partial charge on any atom is 0.224 e. The number of carbonyl (C=O) groups excluding carboxylic acids is 1. The number of nitrogens with zero attached hydrogens (tertiary/aromatic N) is 2. The molecule has 0 bridgehead atoms. The van der Waals surface area contributed by atoms with Crippen molar-refractivity contribution in [2.45, 2.75) is 19.9 Å². The number of amides is 1. The van der Waals surface area contributed by atoms with Crippen molar-refractivity contribution in [3.8, 4) is 5.69 Å². The standard InChI is InChI=1S/C16H19FN4O/c1-11-19-6-7-21(11)15-3-2-12(8-14(15)17)9-20-16(22)13-4-5-18-10-13/h2-3,6-8,13,18H,4-5,9-10H2,1H3,(H,20,22). The van der Waals surface area contributed by atoms with Crippen molar-refractivity contribution in [3.63, 3.8) is 0 Å². The van der Waals surface area contributed by atoms with Crippen LogP contribution in [0.1, 0.15) is 17.8 Å². The van der Waals surface area contributed by atoms with Crippen LogP contribution in [0.25, 0.3) is 5.69 Å². The van der Waals surface area contributed by atoms with Crippen LogP contribution in [-0.4, -0.2) is 28.5 Å². The zero-order valence-electron chi connectivity index (χ0n) is 12.5. The Bertz CT molecular complexity index is 677. The highest BCUT2D eigenvalue weighted by molar-refractivity contribution is 5.79. The third-order valence-corrected chi connectivity index (χ3v) is 4.00. The third-order valence-electron chi connectivity index (χ3n) is 4.00. The maximum absolute atomic E-state index is 14.2. The van der Waals surface area contributed by atoms with E-state index in [0.717, 1.165) is 30.9 Å². The molecule has 0 aliphatic carbocycles. The predicted molar refractivity (Wildman–Crippen MR) is 81.1 cm³/mol. The van der Waals surface area contributed by atoms with E-state index in [9.17, 15) is 9.18 Å². The number of rotatable bonds is 4. The van der Waals surface area contributed by atoms with E-state index < -0.39 is 0 Å². The van der Waals surface area contributed by atoms with Gasteiger partial charge in [-0.1, -0.05) is 6.07 Å². The lowest BCUT2D eigenvalue weighted by Gasteiger charge is -2.11. The van der Waals surface area contributed by atoms with Crippen LogP contribution in [0.15, 0.2) is 30.6 Å². The average Bonchev–Trinajstić information content (AvgIpc) is 3.16. The van der Waals surface area contributed by atoms with Crippen LogP contribution in [0, 0.1) is 18.7 Å². The fraction of sp³-hybridized carbons (Fsp3) is 0.375. The number of hydrogen-bond donors (Lipinski definition) is 2. The van der Waals surface area contributed by atoms with Gasteiger partial charge < -0.3 is 15.2 Å². The molecule has 5 nitrogen and oxygen atoms in total. The van der Waals surface area contributed by atoms with Crippen molar-refractivity contribution in [2.24, 2.45) is 5.92 Å². The predicted octanol–water partition coefficient (Wildman–Crippen LogP) is 1.55. The number of aromatic nitrogens is 2. The van der Waals surface area contributed by atoms with Crippen LogP contribution >= 0.6 is 0 Å². The molecule has 1 unspecified atom stereocenters. The topological polar surface area (TPSA) is 59.0 Å². The highest BCUT2D eigenvalue weighted by atomic mass is 19.1. The van der Waals surface area contributed by atoms with Gasteiger partial charge in [-0.3, -0.25) is 4.79 Å². The van der Waals surface area contributed by atoms with Crippen molar-refractivity contribution in [3.05, 3.63) is 47.8 Å². The summed E-state index contributed by atoms with van der Waals surface area (Å²) in [5, 5.41) is 6.03.